The van der Waals surface area contributed by atoms with Crippen molar-refractivity contribution in [3.63, 3.8) is 0 Å². The number of carbonyl (C=O) groups excluding carboxylic acids is 1. The van der Waals surface area contributed by atoms with Crippen LogP contribution in [0.15, 0.2) is 48.5 Å². The molecule has 0 aliphatic rings. The quantitative estimate of drug-likeness (QED) is 0.574. The summed E-state index contributed by atoms with van der Waals surface area (Å²) in [6.07, 6.45) is 0.931. The van der Waals surface area contributed by atoms with Crippen LogP contribution in [0, 0.1) is 0 Å². The van der Waals surface area contributed by atoms with Gasteiger partial charge in [-0.15, -0.1) is 0 Å². The molecule has 1 N–H and O–H groups in total. The fourth-order valence-corrected chi connectivity index (χ4v) is 3.12. The lowest BCUT2D eigenvalue weighted by Gasteiger charge is -2.19. The van der Waals surface area contributed by atoms with E-state index >= 15 is 0 Å². The number of anilines is 1. The molecule has 0 aliphatic heterocycles. The average molecular weight is 441 g/mol. The third-order valence-corrected chi connectivity index (χ3v) is 5.65. The van der Waals surface area contributed by atoms with Crippen molar-refractivity contribution in [2.75, 3.05) is 30.8 Å². The molecule has 7 nitrogen and oxygen atoms in total. The molecule has 158 valence electrons. The third kappa shape index (κ3) is 6.83. The molecule has 0 aliphatic carbocycles. The van der Waals surface area contributed by atoms with Crippen LogP contribution in [0.5, 0.6) is 11.5 Å². The monoisotopic (exact) mass is 440 g/mol. The summed E-state index contributed by atoms with van der Waals surface area (Å²) < 4.78 is 35.6. The molecule has 1 amide bonds. The molecule has 2 rings (SSSR count). The normalized spacial score (nSPS) is 12.1. The Morgan fingerprint density at radius 3 is 2.41 bits per heavy atom. The maximum Gasteiger partial charge on any atom is 0.261 e. The van der Waals surface area contributed by atoms with E-state index in [4.69, 9.17) is 21.1 Å². The first kappa shape index (κ1) is 22.8. The van der Waals surface area contributed by atoms with Crippen molar-refractivity contribution in [2.24, 2.45) is 0 Å². The summed E-state index contributed by atoms with van der Waals surface area (Å²) in [6.45, 7) is 2.43. The molecule has 2 aromatic rings. The van der Waals surface area contributed by atoms with Crippen LogP contribution in [0.4, 0.5) is 5.69 Å². The summed E-state index contributed by atoms with van der Waals surface area (Å²) in [5.41, 5.74) is 0.508. The highest BCUT2D eigenvalue weighted by Gasteiger charge is 2.18. The molecule has 0 heterocycles. The predicted molar refractivity (Wildman–Crippen MR) is 114 cm³/mol. The summed E-state index contributed by atoms with van der Waals surface area (Å²) in [7, 11) is -1.87. The maximum absolute atomic E-state index is 12.4. The highest BCUT2D eigenvalue weighted by atomic mass is 35.5. The van der Waals surface area contributed by atoms with Gasteiger partial charge in [0.2, 0.25) is 10.0 Å². The van der Waals surface area contributed by atoms with Crippen LogP contribution in [-0.4, -0.2) is 46.9 Å². The number of para-hydroxylation sites is 1. The summed E-state index contributed by atoms with van der Waals surface area (Å²) in [5.74, 6) is 0.781. The summed E-state index contributed by atoms with van der Waals surface area (Å²) in [6, 6.07) is 13.6. The van der Waals surface area contributed by atoms with Crippen molar-refractivity contribution in [3.8, 4) is 11.5 Å². The van der Waals surface area contributed by atoms with Crippen LogP contribution in [-0.2, 0) is 14.8 Å². The molecule has 0 radical (unpaired) electrons. The number of hydrogen-bond acceptors (Lipinski definition) is 5. The molecule has 0 aromatic heterocycles. The van der Waals surface area contributed by atoms with E-state index in [2.05, 4.69) is 5.32 Å². The molecule has 29 heavy (non-hydrogen) atoms. The van der Waals surface area contributed by atoms with Crippen LogP contribution in [0.3, 0.4) is 0 Å². The van der Waals surface area contributed by atoms with Gasteiger partial charge >= 0.3 is 0 Å². The Bertz CT molecular complexity index is 919. The second-order valence-corrected chi connectivity index (χ2v) is 8.73. The Kier molecular flexibility index (Phi) is 8.16. The average Bonchev–Trinajstić information content (AvgIpc) is 2.69. The van der Waals surface area contributed by atoms with Gasteiger partial charge in [-0.25, -0.2) is 8.42 Å². The zero-order valence-corrected chi connectivity index (χ0v) is 18.2. The fourth-order valence-electron chi connectivity index (χ4n) is 2.42. The standard InChI is InChI=1S/C20H25ClN2O5S/c1-4-18(20(24)22-13-14-27-19-8-6-5-7-17(19)21)28-16-11-9-15(10-12-16)23(2)29(3,25)26/h5-12,18H,4,13-14H2,1-3H3,(H,22,24). The fraction of sp³-hybridized carbons (Fsp3) is 0.350. The second kappa shape index (κ2) is 10.4. The lowest BCUT2D eigenvalue weighted by molar-refractivity contribution is -0.128. The predicted octanol–water partition coefficient (Wildman–Crippen LogP) is 3.09. The van der Waals surface area contributed by atoms with Crippen LogP contribution in [0.2, 0.25) is 5.02 Å². The summed E-state index contributed by atoms with van der Waals surface area (Å²) in [4.78, 5) is 12.4. The van der Waals surface area contributed by atoms with E-state index < -0.39 is 16.1 Å². The number of hydrogen-bond donors (Lipinski definition) is 1. The first-order valence-electron chi connectivity index (χ1n) is 9.08. The smallest absolute Gasteiger partial charge is 0.261 e. The van der Waals surface area contributed by atoms with E-state index in [0.717, 1.165) is 6.26 Å². The van der Waals surface area contributed by atoms with Crippen molar-refractivity contribution < 1.29 is 22.7 Å². The minimum absolute atomic E-state index is 0.257. The number of ether oxygens (including phenoxy) is 2. The van der Waals surface area contributed by atoms with Crippen molar-refractivity contribution >= 4 is 33.2 Å². The Morgan fingerprint density at radius 1 is 1.17 bits per heavy atom. The van der Waals surface area contributed by atoms with E-state index in [9.17, 15) is 13.2 Å². The number of nitrogens with zero attached hydrogens (tertiary/aromatic N) is 1. The highest BCUT2D eigenvalue weighted by Crippen LogP contribution is 2.23. The number of carbonyl (C=O) groups is 1. The first-order chi connectivity index (χ1) is 13.7. The van der Waals surface area contributed by atoms with Gasteiger partial charge in [0.05, 0.1) is 23.5 Å². The number of sulfonamides is 1. The van der Waals surface area contributed by atoms with Crippen molar-refractivity contribution in [3.05, 3.63) is 53.6 Å². The Balaban J connectivity index is 1.85. The van der Waals surface area contributed by atoms with Gasteiger partial charge < -0.3 is 14.8 Å². The summed E-state index contributed by atoms with van der Waals surface area (Å²) >= 11 is 6.02. The van der Waals surface area contributed by atoms with Crippen molar-refractivity contribution in [1.29, 1.82) is 0 Å². The van der Waals surface area contributed by atoms with Gasteiger partial charge in [-0.05, 0) is 42.8 Å². The molecule has 9 heteroatoms. The maximum atomic E-state index is 12.4. The minimum atomic E-state index is -3.34. The third-order valence-electron chi connectivity index (χ3n) is 4.13. The van der Waals surface area contributed by atoms with E-state index in [-0.39, 0.29) is 12.5 Å². The Labute approximate surface area is 176 Å². The zero-order chi connectivity index (χ0) is 21.4. The molecule has 0 bridgehead atoms. The van der Waals surface area contributed by atoms with Gasteiger partial charge in [0, 0.05) is 7.05 Å². The van der Waals surface area contributed by atoms with Crippen molar-refractivity contribution in [2.45, 2.75) is 19.4 Å². The number of amides is 1. The van der Waals surface area contributed by atoms with E-state index in [1.165, 1.54) is 11.4 Å². The minimum Gasteiger partial charge on any atom is -0.490 e. The van der Waals surface area contributed by atoms with E-state index in [1.807, 2.05) is 19.1 Å². The molecule has 1 unspecified atom stereocenters. The number of benzene rings is 2. The number of halogens is 1. The second-order valence-electron chi connectivity index (χ2n) is 6.31. The van der Waals surface area contributed by atoms with Gasteiger partial charge in [-0.2, -0.15) is 0 Å². The van der Waals surface area contributed by atoms with Crippen molar-refractivity contribution in [1.82, 2.24) is 5.32 Å². The molecule has 0 saturated heterocycles. The topological polar surface area (TPSA) is 84.9 Å². The molecular formula is C20H25ClN2O5S. The van der Waals surface area contributed by atoms with Crippen LogP contribution >= 0.6 is 11.6 Å². The van der Waals surface area contributed by atoms with Gasteiger partial charge in [0.1, 0.15) is 18.1 Å². The van der Waals surface area contributed by atoms with Crippen LogP contribution in [0.1, 0.15) is 13.3 Å². The zero-order valence-electron chi connectivity index (χ0n) is 16.6. The van der Waals surface area contributed by atoms with Gasteiger partial charge in [0.15, 0.2) is 6.10 Å². The lowest BCUT2D eigenvalue weighted by atomic mass is 10.2. The SMILES string of the molecule is CCC(Oc1ccc(N(C)S(C)(=O)=O)cc1)C(=O)NCCOc1ccccc1Cl. The Hall–Kier alpha value is -2.45. The molecular weight excluding hydrogens is 416 g/mol. The van der Waals surface area contributed by atoms with Crippen LogP contribution in [0.25, 0.3) is 0 Å². The molecule has 0 saturated carbocycles. The van der Waals surface area contributed by atoms with Gasteiger partial charge in [-0.3, -0.25) is 9.10 Å². The summed E-state index contributed by atoms with van der Waals surface area (Å²) in [5, 5.41) is 3.29. The van der Waals surface area contributed by atoms with Gasteiger partial charge in [-0.1, -0.05) is 30.7 Å². The first-order valence-corrected chi connectivity index (χ1v) is 11.3. The highest BCUT2D eigenvalue weighted by molar-refractivity contribution is 7.92. The Morgan fingerprint density at radius 2 is 1.83 bits per heavy atom. The van der Waals surface area contributed by atoms with E-state index in [1.54, 1.807) is 36.4 Å². The molecule has 0 fully saturated rings. The largest absolute Gasteiger partial charge is 0.490 e. The van der Waals surface area contributed by atoms with E-state index in [0.29, 0.717) is 35.2 Å². The molecule has 1 atom stereocenters. The molecule has 2 aromatic carbocycles. The van der Waals surface area contributed by atoms with Gasteiger partial charge in [0.25, 0.3) is 5.91 Å². The lowest BCUT2D eigenvalue weighted by Crippen LogP contribution is -2.39. The number of nitrogens with one attached hydrogen (secondary N) is 1. The molecule has 0 spiro atoms. The van der Waals surface area contributed by atoms with Crippen LogP contribution < -0.4 is 19.1 Å². The number of rotatable bonds is 10.